The third kappa shape index (κ3) is 21.8. The van der Waals surface area contributed by atoms with E-state index in [1.165, 1.54) is 4.90 Å². The van der Waals surface area contributed by atoms with Crippen LogP contribution in [0, 0.1) is 17.8 Å². The molecule has 0 radical (unpaired) electrons. The van der Waals surface area contributed by atoms with Gasteiger partial charge >= 0.3 is 23.9 Å². The first-order chi connectivity index (χ1) is 20.7. The van der Waals surface area contributed by atoms with Crippen molar-refractivity contribution in [2.24, 2.45) is 17.8 Å². The minimum Gasteiger partial charge on any atom is -0.462 e. The summed E-state index contributed by atoms with van der Waals surface area (Å²) in [6.45, 7) is 7.62. The summed E-state index contributed by atoms with van der Waals surface area (Å²) in [5.74, 6) is -4.16. The molecule has 0 atom stereocenters. The molecule has 0 aromatic carbocycles. The molecular formula is C28H47N3O13. The zero-order valence-corrected chi connectivity index (χ0v) is 26.5. The van der Waals surface area contributed by atoms with Gasteiger partial charge in [-0.2, -0.15) is 0 Å². The highest BCUT2D eigenvalue weighted by molar-refractivity contribution is 5.79. The minimum absolute atomic E-state index is 0.0213. The van der Waals surface area contributed by atoms with E-state index < -0.39 is 50.3 Å². The Morgan fingerprint density at radius 3 is 1.27 bits per heavy atom. The molecule has 0 saturated carbocycles. The molecule has 44 heavy (non-hydrogen) atoms. The molecule has 0 spiro atoms. The lowest BCUT2D eigenvalue weighted by molar-refractivity contribution is -0.157. The minimum atomic E-state index is -0.782. The lowest BCUT2D eigenvalue weighted by atomic mass is 10.1. The van der Waals surface area contributed by atoms with Crippen LogP contribution in [-0.4, -0.2) is 113 Å². The SMILES string of the molecule is CC(C)CCC(=O)N(CCOC(=O)COCC(=O)OCNC(=O)C(C)C)CCOC(=O)COCC(=O)OCNC(=O)C(C)C. The van der Waals surface area contributed by atoms with Crippen LogP contribution in [0.15, 0.2) is 0 Å². The molecule has 0 bridgehead atoms. The molecule has 0 aromatic rings. The maximum Gasteiger partial charge on any atom is 0.333 e. The number of amides is 3. The standard InChI is InChI=1S/C28H47N3O13/c1-19(2)7-8-22(32)31(9-11-41-23(33)13-39-15-25(35)43-17-29-27(37)20(3)4)10-12-42-24(34)14-40-16-26(36)44-18-30-28(38)21(5)6/h19-21H,7-18H2,1-6H3,(H,29,37)(H,30,38). The molecule has 0 aromatic heterocycles. The van der Waals surface area contributed by atoms with E-state index in [2.05, 4.69) is 10.6 Å². The average Bonchev–Trinajstić information content (AvgIpc) is 2.94. The predicted molar refractivity (Wildman–Crippen MR) is 152 cm³/mol. The maximum absolute atomic E-state index is 12.7. The molecule has 252 valence electrons. The van der Waals surface area contributed by atoms with Crippen LogP contribution in [0.25, 0.3) is 0 Å². The van der Waals surface area contributed by atoms with Crippen LogP contribution in [0.4, 0.5) is 0 Å². The zero-order valence-electron chi connectivity index (χ0n) is 26.5. The number of carbonyl (C=O) groups is 7. The summed E-state index contributed by atoms with van der Waals surface area (Å²) < 4.78 is 29.6. The maximum atomic E-state index is 12.7. The Balaban J connectivity index is 4.39. The van der Waals surface area contributed by atoms with Crippen LogP contribution in [-0.2, 0) is 62.0 Å². The molecule has 0 aliphatic rings. The fourth-order valence-electron chi connectivity index (χ4n) is 2.86. The Hall–Kier alpha value is -3.79. The smallest absolute Gasteiger partial charge is 0.333 e. The van der Waals surface area contributed by atoms with Crippen LogP contribution >= 0.6 is 0 Å². The van der Waals surface area contributed by atoms with Crippen molar-refractivity contribution in [1.82, 2.24) is 15.5 Å². The van der Waals surface area contributed by atoms with Crippen molar-refractivity contribution in [2.75, 3.05) is 66.2 Å². The van der Waals surface area contributed by atoms with E-state index in [1.807, 2.05) is 13.8 Å². The highest BCUT2D eigenvalue weighted by Gasteiger charge is 2.17. The van der Waals surface area contributed by atoms with Crippen molar-refractivity contribution in [3.63, 3.8) is 0 Å². The second-order valence-corrected chi connectivity index (χ2v) is 10.5. The van der Waals surface area contributed by atoms with Crippen molar-refractivity contribution < 1.29 is 62.0 Å². The van der Waals surface area contributed by atoms with Crippen LogP contribution < -0.4 is 10.6 Å². The molecule has 0 heterocycles. The van der Waals surface area contributed by atoms with Crippen molar-refractivity contribution in [3.05, 3.63) is 0 Å². The quantitative estimate of drug-likeness (QED) is 0.0860. The summed E-state index contributed by atoms with van der Waals surface area (Å²) >= 11 is 0. The molecule has 2 N–H and O–H groups in total. The van der Waals surface area contributed by atoms with Gasteiger partial charge in [0.15, 0.2) is 13.5 Å². The van der Waals surface area contributed by atoms with E-state index in [1.54, 1.807) is 27.7 Å². The Morgan fingerprint density at radius 2 is 0.932 bits per heavy atom. The van der Waals surface area contributed by atoms with E-state index in [4.69, 9.17) is 28.4 Å². The lowest BCUT2D eigenvalue weighted by Crippen LogP contribution is -2.38. The van der Waals surface area contributed by atoms with Crippen LogP contribution in [0.5, 0.6) is 0 Å². The average molecular weight is 634 g/mol. The molecule has 0 rings (SSSR count). The highest BCUT2D eigenvalue weighted by Crippen LogP contribution is 2.07. The van der Waals surface area contributed by atoms with E-state index >= 15 is 0 Å². The highest BCUT2D eigenvalue weighted by atomic mass is 16.6. The molecule has 0 aliphatic carbocycles. The van der Waals surface area contributed by atoms with E-state index in [9.17, 15) is 33.6 Å². The summed E-state index contributed by atoms with van der Waals surface area (Å²) in [7, 11) is 0. The molecule has 0 unspecified atom stereocenters. The topological polar surface area (TPSA) is 202 Å². The van der Waals surface area contributed by atoms with Gasteiger partial charge in [-0.3, -0.25) is 14.4 Å². The normalized spacial score (nSPS) is 10.8. The summed E-state index contributed by atoms with van der Waals surface area (Å²) in [5, 5.41) is 4.79. The second-order valence-electron chi connectivity index (χ2n) is 10.5. The number of carbonyl (C=O) groups excluding carboxylic acids is 7. The van der Waals surface area contributed by atoms with Gasteiger partial charge in [-0.25, -0.2) is 19.2 Å². The van der Waals surface area contributed by atoms with Crippen molar-refractivity contribution in [3.8, 4) is 0 Å². The summed E-state index contributed by atoms with van der Waals surface area (Å²) in [6, 6.07) is 0. The number of nitrogens with one attached hydrogen (secondary N) is 2. The van der Waals surface area contributed by atoms with Crippen LogP contribution in [0.1, 0.15) is 54.4 Å². The fourth-order valence-corrected chi connectivity index (χ4v) is 2.86. The third-order valence-corrected chi connectivity index (χ3v) is 5.42. The van der Waals surface area contributed by atoms with Gasteiger partial charge in [0.25, 0.3) is 0 Å². The van der Waals surface area contributed by atoms with E-state index in [-0.39, 0.29) is 81.7 Å². The van der Waals surface area contributed by atoms with Gasteiger partial charge in [0.05, 0.1) is 13.1 Å². The second kappa shape index (κ2) is 23.6. The number of nitrogens with zero attached hydrogens (tertiary/aromatic N) is 1. The number of esters is 4. The Bertz CT molecular complexity index is 876. The van der Waals surface area contributed by atoms with Crippen molar-refractivity contribution in [1.29, 1.82) is 0 Å². The first kappa shape index (κ1) is 40.2. The number of hydrogen-bond acceptors (Lipinski definition) is 13. The molecule has 0 saturated heterocycles. The number of ether oxygens (including phenoxy) is 6. The molecular weight excluding hydrogens is 586 g/mol. The Kier molecular flexibility index (Phi) is 21.6. The van der Waals surface area contributed by atoms with Crippen molar-refractivity contribution >= 4 is 41.6 Å². The predicted octanol–water partition coefficient (Wildman–Crippen LogP) is -0.0834. The summed E-state index contributed by atoms with van der Waals surface area (Å²) in [4.78, 5) is 84.0. The number of hydrogen-bond donors (Lipinski definition) is 2. The molecule has 16 heteroatoms. The first-order valence-electron chi connectivity index (χ1n) is 14.3. The molecule has 3 amide bonds. The molecule has 0 fully saturated rings. The van der Waals surface area contributed by atoms with E-state index in [0.717, 1.165) is 0 Å². The summed E-state index contributed by atoms with van der Waals surface area (Å²) in [6.07, 6.45) is 0.871. The van der Waals surface area contributed by atoms with Gasteiger partial charge in [-0.15, -0.1) is 0 Å². The van der Waals surface area contributed by atoms with Gasteiger partial charge in [0.2, 0.25) is 17.7 Å². The Morgan fingerprint density at radius 1 is 0.568 bits per heavy atom. The first-order valence-corrected chi connectivity index (χ1v) is 14.3. The van der Waals surface area contributed by atoms with Gasteiger partial charge in [-0.05, 0) is 12.3 Å². The van der Waals surface area contributed by atoms with Gasteiger partial charge in [0, 0.05) is 18.3 Å². The third-order valence-electron chi connectivity index (χ3n) is 5.42. The monoisotopic (exact) mass is 633 g/mol. The number of rotatable bonds is 23. The largest absolute Gasteiger partial charge is 0.462 e. The van der Waals surface area contributed by atoms with Crippen LogP contribution in [0.3, 0.4) is 0 Å². The van der Waals surface area contributed by atoms with Gasteiger partial charge in [0.1, 0.15) is 39.6 Å². The zero-order chi connectivity index (χ0) is 33.5. The fraction of sp³-hybridized carbons (Fsp3) is 0.750. The lowest BCUT2D eigenvalue weighted by Gasteiger charge is -2.23. The van der Waals surface area contributed by atoms with Gasteiger partial charge in [-0.1, -0.05) is 41.5 Å². The van der Waals surface area contributed by atoms with Crippen molar-refractivity contribution in [2.45, 2.75) is 54.4 Å². The van der Waals surface area contributed by atoms with E-state index in [0.29, 0.717) is 6.42 Å². The van der Waals surface area contributed by atoms with Crippen LogP contribution in [0.2, 0.25) is 0 Å². The summed E-state index contributed by atoms with van der Waals surface area (Å²) in [5.41, 5.74) is 0. The molecule has 16 nitrogen and oxygen atoms in total. The van der Waals surface area contributed by atoms with Gasteiger partial charge < -0.3 is 44.0 Å². The molecule has 0 aliphatic heterocycles. The Labute approximate surface area is 257 Å².